The molecule has 3 heterocycles. The standard InChI is InChI=1S/C17H25N5O2/c1-11(2)17-20-19-14(24-17)5-6-15(23)22-8-7-13(10-22)16-18-12(3)9-21(16)4/h9,11,13H,5-8,10H2,1-4H3/t13-/m0/s1. The van der Waals surface area contributed by atoms with Crippen LogP contribution in [0.25, 0.3) is 0 Å². The molecule has 2 aromatic rings. The number of imidazole rings is 1. The van der Waals surface area contributed by atoms with Crippen LogP contribution in [-0.2, 0) is 18.3 Å². The fraction of sp³-hybridized carbons (Fsp3) is 0.647. The van der Waals surface area contributed by atoms with E-state index in [-0.39, 0.29) is 11.8 Å². The first-order valence-electron chi connectivity index (χ1n) is 8.54. The molecule has 7 heteroatoms. The highest BCUT2D eigenvalue weighted by molar-refractivity contribution is 5.76. The van der Waals surface area contributed by atoms with Gasteiger partial charge in [0.1, 0.15) is 5.82 Å². The summed E-state index contributed by atoms with van der Waals surface area (Å²) in [6, 6.07) is 0. The van der Waals surface area contributed by atoms with Gasteiger partial charge >= 0.3 is 0 Å². The zero-order valence-electron chi connectivity index (χ0n) is 14.8. The van der Waals surface area contributed by atoms with Crippen LogP contribution in [0.4, 0.5) is 0 Å². The van der Waals surface area contributed by atoms with Crippen molar-refractivity contribution in [1.29, 1.82) is 0 Å². The second-order valence-corrected chi connectivity index (χ2v) is 6.87. The Hall–Kier alpha value is -2.18. The predicted octanol–water partition coefficient (Wildman–Crippen LogP) is 2.18. The number of hydrogen-bond acceptors (Lipinski definition) is 5. The molecule has 3 rings (SSSR count). The molecule has 0 bridgehead atoms. The molecule has 1 fully saturated rings. The van der Waals surface area contributed by atoms with Gasteiger partial charge in [0.2, 0.25) is 17.7 Å². The Balaban J connectivity index is 1.53. The number of likely N-dealkylation sites (tertiary alicyclic amines) is 1. The molecule has 7 nitrogen and oxygen atoms in total. The molecule has 0 N–H and O–H groups in total. The molecule has 1 saturated heterocycles. The third-order valence-electron chi connectivity index (χ3n) is 4.47. The van der Waals surface area contributed by atoms with E-state index in [4.69, 9.17) is 4.42 Å². The molecule has 1 aliphatic heterocycles. The second-order valence-electron chi connectivity index (χ2n) is 6.87. The van der Waals surface area contributed by atoms with Crippen LogP contribution >= 0.6 is 0 Å². The fourth-order valence-electron chi connectivity index (χ4n) is 3.18. The molecular formula is C17H25N5O2. The van der Waals surface area contributed by atoms with Crippen molar-refractivity contribution in [3.63, 3.8) is 0 Å². The molecule has 0 aromatic carbocycles. The van der Waals surface area contributed by atoms with Crippen LogP contribution in [0, 0.1) is 6.92 Å². The van der Waals surface area contributed by atoms with E-state index in [1.54, 1.807) is 0 Å². The maximum atomic E-state index is 12.4. The van der Waals surface area contributed by atoms with Crippen molar-refractivity contribution < 1.29 is 9.21 Å². The zero-order valence-corrected chi connectivity index (χ0v) is 14.8. The lowest BCUT2D eigenvalue weighted by Gasteiger charge is -2.16. The molecule has 2 aromatic heterocycles. The topological polar surface area (TPSA) is 77.0 Å². The highest BCUT2D eigenvalue weighted by atomic mass is 16.4. The Labute approximate surface area is 142 Å². The number of aryl methyl sites for hydroxylation is 3. The number of carbonyl (C=O) groups excluding carboxylic acids is 1. The molecule has 0 radical (unpaired) electrons. The van der Waals surface area contributed by atoms with Crippen LogP contribution in [0.5, 0.6) is 0 Å². The van der Waals surface area contributed by atoms with E-state index in [1.165, 1.54) is 0 Å². The lowest BCUT2D eigenvalue weighted by Crippen LogP contribution is -2.28. The number of rotatable bonds is 5. The van der Waals surface area contributed by atoms with E-state index in [9.17, 15) is 4.79 Å². The maximum Gasteiger partial charge on any atom is 0.223 e. The average molecular weight is 331 g/mol. The normalized spacial score (nSPS) is 17.9. The zero-order chi connectivity index (χ0) is 17.3. The van der Waals surface area contributed by atoms with Crippen LogP contribution < -0.4 is 0 Å². The number of amides is 1. The largest absolute Gasteiger partial charge is 0.425 e. The lowest BCUT2D eigenvalue weighted by molar-refractivity contribution is -0.130. The van der Waals surface area contributed by atoms with Crippen LogP contribution in [0.3, 0.4) is 0 Å². The Morgan fingerprint density at radius 1 is 1.42 bits per heavy atom. The minimum absolute atomic E-state index is 0.146. The first kappa shape index (κ1) is 16.7. The summed E-state index contributed by atoms with van der Waals surface area (Å²) in [7, 11) is 2.02. The van der Waals surface area contributed by atoms with Crippen molar-refractivity contribution in [3.8, 4) is 0 Å². The van der Waals surface area contributed by atoms with Gasteiger partial charge in [-0.1, -0.05) is 13.8 Å². The highest BCUT2D eigenvalue weighted by Gasteiger charge is 2.29. The lowest BCUT2D eigenvalue weighted by atomic mass is 10.1. The first-order chi connectivity index (χ1) is 11.4. The Kier molecular flexibility index (Phi) is 4.69. The number of nitrogens with zero attached hydrogens (tertiary/aromatic N) is 5. The second kappa shape index (κ2) is 6.75. The molecule has 130 valence electrons. The molecule has 24 heavy (non-hydrogen) atoms. The van der Waals surface area contributed by atoms with Crippen molar-refractivity contribution in [3.05, 3.63) is 29.5 Å². The first-order valence-corrected chi connectivity index (χ1v) is 8.54. The van der Waals surface area contributed by atoms with E-state index in [1.807, 2.05) is 38.9 Å². The van der Waals surface area contributed by atoms with Crippen molar-refractivity contribution in [2.75, 3.05) is 13.1 Å². The SMILES string of the molecule is Cc1cn(C)c([C@H]2CCN(C(=O)CCc3nnc(C(C)C)o3)C2)n1. The maximum absolute atomic E-state index is 12.4. The minimum Gasteiger partial charge on any atom is -0.425 e. The summed E-state index contributed by atoms with van der Waals surface area (Å²) < 4.78 is 7.63. The Morgan fingerprint density at radius 2 is 2.21 bits per heavy atom. The predicted molar refractivity (Wildman–Crippen MR) is 88.6 cm³/mol. The molecular weight excluding hydrogens is 306 g/mol. The van der Waals surface area contributed by atoms with Gasteiger partial charge in [-0.3, -0.25) is 4.79 Å². The third kappa shape index (κ3) is 3.49. The van der Waals surface area contributed by atoms with Gasteiger partial charge in [-0.25, -0.2) is 4.98 Å². The Morgan fingerprint density at radius 3 is 2.83 bits per heavy atom. The van der Waals surface area contributed by atoms with Gasteiger partial charge in [0.05, 0.1) is 5.69 Å². The molecule has 1 aliphatic rings. The van der Waals surface area contributed by atoms with Gasteiger partial charge in [0.25, 0.3) is 0 Å². The summed E-state index contributed by atoms with van der Waals surface area (Å²) in [5.74, 6) is 2.92. The smallest absolute Gasteiger partial charge is 0.223 e. The summed E-state index contributed by atoms with van der Waals surface area (Å²) in [6.45, 7) is 7.54. The van der Waals surface area contributed by atoms with E-state index < -0.39 is 0 Å². The van der Waals surface area contributed by atoms with Crippen LogP contribution in [-0.4, -0.2) is 43.6 Å². The number of aromatic nitrogens is 4. The summed E-state index contributed by atoms with van der Waals surface area (Å²) in [5, 5.41) is 8.01. The third-order valence-corrected chi connectivity index (χ3v) is 4.47. The Bertz CT molecular complexity index is 718. The van der Waals surface area contributed by atoms with Gasteiger partial charge in [-0.05, 0) is 13.3 Å². The van der Waals surface area contributed by atoms with Crippen molar-refractivity contribution in [2.45, 2.75) is 51.9 Å². The molecule has 0 aliphatic carbocycles. The van der Waals surface area contributed by atoms with E-state index in [0.29, 0.717) is 30.5 Å². The van der Waals surface area contributed by atoms with Crippen LogP contribution in [0.1, 0.15) is 61.8 Å². The monoisotopic (exact) mass is 331 g/mol. The van der Waals surface area contributed by atoms with Gasteiger partial charge in [-0.15, -0.1) is 10.2 Å². The van der Waals surface area contributed by atoms with Gasteiger partial charge in [0, 0.05) is 51.0 Å². The summed E-state index contributed by atoms with van der Waals surface area (Å²) in [6.07, 6.45) is 3.91. The quantitative estimate of drug-likeness (QED) is 0.839. The fourth-order valence-corrected chi connectivity index (χ4v) is 3.18. The molecule has 0 saturated carbocycles. The molecule has 1 atom stereocenters. The minimum atomic E-state index is 0.146. The molecule has 0 unspecified atom stereocenters. The van der Waals surface area contributed by atoms with Gasteiger partial charge in [0.15, 0.2) is 0 Å². The van der Waals surface area contributed by atoms with Crippen LogP contribution in [0.15, 0.2) is 10.6 Å². The number of carbonyl (C=O) groups is 1. The van der Waals surface area contributed by atoms with Crippen molar-refractivity contribution >= 4 is 5.91 Å². The molecule has 0 spiro atoms. The summed E-state index contributed by atoms with van der Waals surface area (Å²) in [4.78, 5) is 19.0. The van der Waals surface area contributed by atoms with E-state index in [2.05, 4.69) is 19.7 Å². The van der Waals surface area contributed by atoms with Crippen molar-refractivity contribution in [2.24, 2.45) is 7.05 Å². The summed E-state index contributed by atoms with van der Waals surface area (Å²) >= 11 is 0. The van der Waals surface area contributed by atoms with Crippen molar-refractivity contribution in [1.82, 2.24) is 24.6 Å². The molecule has 1 amide bonds. The average Bonchev–Trinajstić information content (AvgIpc) is 3.24. The number of hydrogen-bond donors (Lipinski definition) is 0. The van der Waals surface area contributed by atoms with Gasteiger partial charge in [-0.2, -0.15) is 0 Å². The van der Waals surface area contributed by atoms with E-state index in [0.717, 1.165) is 31.0 Å². The highest BCUT2D eigenvalue weighted by Crippen LogP contribution is 2.27. The summed E-state index contributed by atoms with van der Waals surface area (Å²) in [5.41, 5.74) is 1.02. The van der Waals surface area contributed by atoms with E-state index >= 15 is 0 Å². The van der Waals surface area contributed by atoms with Crippen LogP contribution in [0.2, 0.25) is 0 Å². The van der Waals surface area contributed by atoms with Gasteiger partial charge < -0.3 is 13.9 Å².